The van der Waals surface area contributed by atoms with E-state index in [2.05, 4.69) is 18.7 Å². The maximum atomic E-state index is 14.4. The third-order valence-corrected chi connectivity index (χ3v) is 15.8. The molecule has 0 aromatic rings. The van der Waals surface area contributed by atoms with Crippen molar-refractivity contribution >= 4 is 23.7 Å². The van der Waals surface area contributed by atoms with E-state index in [1.54, 1.807) is 40.1 Å². The highest BCUT2D eigenvalue weighted by Gasteiger charge is 2.53. The summed E-state index contributed by atoms with van der Waals surface area (Å²) >= 11 is 0. The molecule has 21 atom stereocenters. The molecule has 77 heavy (non-hydrogen) atoms. The molecule has 1 unspecified atom stereocenters. The summed E-state index contributed by atoms with van der Waals surface area (Å²) in [4.78, 5) is 58.5. The molecule has 20 nitrogen and oxygen atoms in total. The lowest BCUT2D eigenvalue weighted by Gasteiger charge is -2.50. The normalized spacial score (nSPS) is 40.2. The van der Waals surface area contributed by atoms with Crippen molar-refractivity contribution in [2.75, 3.05) is 54.6 Å². The minimum absolute atomic E-state index is 0.00917. The van der Waals surface area contributed by atoms with Gasteiger partial charge in [-0.1, -0.05) is 73.1 Å². The van der Waals surface area contributed by atoms with Crippen molar-refractivity contribution in [3.8, 4) is 0 Å². The maximum absolute atomic E-state index is 14.4. The van der Waals surface area contributed by atoms with Crippen LogP contribution in [0.15, 0.2) is 23.8 Å². The Hall–Kier alpha value is -2.96. The van der Waals surface area contributed by atoms with Crippen LogP contribution < -0.4 is 0 Å². The average molecular weight is 1100 g/mol. The van der Waals surface area contributed by atoms with Gasteiger partial charge in [-0.3, -0.25) is 19.2 Å². The zero-order chi connectivity index (χ0) is 57.6. The topological polar surface area (TPSA) is 237 Å². The molecule has 3 saturated heterocycles. The molecule has 3 N–H and O–H groups in total. The van der Waals surface area contributed by atoms with E-state index in [0.29, 0.717) is 25.8 Å². The number of ketones is 1. The number of cyclic esters (lactones) is 1. The molecule has 0 radical (unpaired) electrons. The van der Waals surface area contributed by atoms with Gasteiger partial charge in [-0.05, 0) is 98.6 Å². The summed E-state index contributed by atoms with van der Waals surface area (Å²) in [5.41, 5.74) is 0.717. The summed E-state index contributed by atoms with van der Waals surface area (Å²) in [7, 11) is 6.55. The fraction of sp³-hybridized carbons (Fsp3) is 0.860. The molecular weight excluding hydrogens is 1000 g/mol. The number of hydrogen-bond acceptors (Lipinski definition) is 20. The Morgan fingerprint density at radius 3 is 2.08 bits per heavy atom. The first-order chi connectivity index (χ1) is 36.2. The van der Waals surface area contributed by atoms with Gasteiger partial charge in [0.05, 0.1) is 37.4 Å². The highest BCUT2D eigenvalue weighted by molar-refractivity contribution is 5.91. The second-order valence-electron chi connectivity index (χ2n) is 22.8. The van der Waals surface area contributed by atoms with Crippen molar-refractivity contribution < 1.29 is 86.6 Å². The van der Waals surface area contributed by atoms with Crippen molar-refractivity contribution in [2.24, 2.45) is 35.5 Å². The number of hydrogen-bond donors (Lipinski definition) is 3. The first kappa shape index (κ1) is 66.6. The second kappa shape index (κ2) is 30.7. The van der Waals surface area contributed by atoms with E-state index in [4.69, 9.17) is 52.1 Å². The van der Waals surface area contributed by atoms with Crippen LogP contribution in [-0.4, -0.2) is 201 Å². The molecule has 0 aromatic heterocycles. The van der Waals surface area contributed by atoms with Gasteiger partial charge < -0.3 is 77.2 Å². The van der Waals surface area contributed by atoms with Crippen LogP contribution in [0.25, 0.3) is 0 Å². The smallest absolute Gasteiger partial charge is 0.309 e. The van der Waals surface area contributed by atoms with Gasteiger partial charge in [0.2, 0.25) is 5.79 Å². The van der Waals surface area contributed by atoms with Crippen LogP contribution in [-0.2, 0) is 71.3 Å². The lowest BCUT2D eigenvalue weighted by Crippen LogP contribution is -2.65. The summed E-state index contributed by atoms with van der Waals surface area (Å²) in [6.07, 6.45) is -6.37. The predicted molar refractivity (Wildman–Crippen MR) is 285 cm³/mol. The molecule has 4 heterocycles. The highest BCUT2D eigenvalue weighted by Crippen LogP contribution is 2.40. The van der Waals surface area contributed by atoms with E-state index in [1.807, 2.05) is 59.4 Å². The number of allylic oxidation sites excluding steroid dienone is 3. The summed E-state index contributed by atoms with van der Waals surface area (Å²) < 4.78 is 68.2. The third kappa shape index (κ3) is 18.5. The lowest BCUT2D eigenvalue weighted by atomic mass is 9.79. The number of methoxy groups -OCH3 is 2. The SMILES string of the molecule is CC[C@H]1OC(=O)C[C@@H](OC(C)=O)C(C)[C@@H](O[C@@H]2O[C@H](C)[C@@H](O[C@@H]3C[C@@H](C)[C@H](OC(=O)CC(C)C)[C@](C)(O)O3)[C@H](N(C)C)[C@H]2O)[C@@H](CCN(CC)CC)C[C@@H](C)C(=O)/C=C/C(C)=C/[C@@H]1CO[C@@H]1O[C@H](C)[C@@H](O)[C@@H](OC)[C@H]1OC. The summed E-state index contributed by atoms with van der Waals surface area (Å²) in [5, 5.41) is 34.8. The molecule has 0 saturated carbocycles. The minimum atomic E-state index is -1.88. The summed E-state index contributed by atoms with van der Waals surface area (Å²) in [6.45, 7) is 25.7. The minimum Gasteiger partial charge on any atom is -0.462 e. The quantitative estimate of drug-likeness (QED) is 0.103. The maximum Gasteiger partial charge on any atom is 0.309 e. The molecule has 0 bridgehead atoms. The standard InChI is InChI=1S/C57H98N2O18/c1-18-42-40(30-69-56-53(68-17)52(67-16)48(64)36(10)70-56)26-32(6)21-22-41(61)33(7)27-39(23-24-59(19-2)20-3)50(35(9)43(72-38(12)60)29-45(63)73-42)76-55-49(65)47(58(14)15)51(37(11)71-55)75-46-28-34(8)54(57(13,66)77-46)74-44(62)25-31(4)5/h21-22,26,31,33-37,39-40,42-43,46-56,64-66H,18-20,23-25,27-30H2,1-17H3/b22-21+,32-26+/t33-,34-,35?,36-,37-,39+,40-,42-,43-,46+,47-,48-,49-,50-,51-,52-,53-,54+,55+,56-,57-/m1/s1. The summed E-state index contributed by atoms with van der Waals surface area (Å²) in [6, 6.07) is -0.754. The van der Waals surface area contributed by atoms with Gasteiger partial charge in [-0.2, -0.15) is 0 Å². The molecule has 0 spiro atoms. The predicted octanol–water partition coefficient (Wildman–Crippen LogP) is 5.35. The van der Waals surface area contributed by atoms with Crippen LogP contribution in [0.5, 0.6) is 0 Å². The van der Waals surface area contributed by atoms with E-state index in [0.717, 1.165) is 18.7 Å². The van der Waals surface area contributed by atoms with Gasteiger partial charge in [-0.15, -0.1) is 0 Å². The van der Waals surface area contributed by atoms with Crippen molar-refractivity contribution in [1.82, 2.24) is 9.80 Å². The Morgan fingerprint density at radius 2 is 1.51 bits per heavy atom. The molecule has 0 aliphatic carbocycles. The van der Waals surface area contributed by atoms with E-state index < -0.39 is 139 Å². The zero-order valence-corrected chi connectivity index (χ0v) is 49.3. The average Bonchev–Trinajstić information content (AvgIpc) is 3.35. The molecule has 4 aliphatic rings. The van der Waals surface area contributed by atoms with E-state index in [9.17, 15) is 34.5 Å². The number of rotatable bonds is 20. The van der Waals surface area contributed by atoms with Gasteiger partial charge in [0.25, 0.3) is 0 Å². The Labute approximate surface area is 459 Å². The van der Waals surface area contributed by atoms with Gasteiger partial charge in [0, 0.05) is 57.7 Å². The van der Waals surface area contributed by atoms with Crippen molar-refractivity contribution in [1.29, 1.82) is 0 Å². The highest BCUT2D eigenvalue weighted by atomic mass is 16.8. The number of nitrogens with zero attached hydrogens (tertiary/aromatic N) is 2. The Morgan fingerprint density at radius 1 is 0.857 bits per heavy atom. The van der Waals surface area contributed by atoms with Crippen LogP contribution in [0.1, 0.15) is 129 Å². The van der Waals surface area contributed by atoms with Crippen molar-refractivity contribution in [3.63, 3.8) is 0 Å². The molecule has 0 amide bonds. The Bertz CT molecular complexity index is 1910. The number of ether oxygens (including phenoxy) is 11. The summed E-state index contributed by atoms with van der Waals surface area (Å²) in [5.74, 6) is -6.23. The first-order valence-corrected chi connectivity index (χ1v) is 28.1. The fourth-order valence-electron chi connectivity index (χ4n) is 11.4. The van der Waals surface area contributed by atoms with Crippen LogP contribution in [0.2, 0.25) is 0 Å². The number of esters is 3. The second-order valence-corrected chi connectivity index (χ2v) is 22.8. The first-order valence-electron chi connectivity index (χ1n) is 28.1. The van der Waals surface area contributed by atoms with Crippen molar-refractivity contribution in [2.45, 2.75) is 226 Å². The van der Waals surface area contributed by atoms with Gasteiger partial charge in [-0.25, -0.2) is 0 Å². The molecule has 4 rings (SSSR count). The van der Waals surface area contributed by atoms with E-state index in [-0.39, 0.29) is 43.5 Å². The largest absolute Gasteiger partial charge is 0.462 e. The molecular formula is C57H98N2O18. The Balaban J connectivity index is 1.72. The van der Waals surface area contributed by atoms with Crippen LogP contribution in [0.4, 0.5) is 0 Å². The fourth-order valence-corrected chi connectivity index (χ4v) is 11.4. The van der Waals surface area contributed by atoms with Gasteiger partial charge in [0.15, 0.2) is 30.8 Å². The monoisotopic (exact) mass is 1100 g/mol. The number of aliphatic hydroxyl groups is 3. The van der Waals surface area contributed by atoms with Crippen molar-refractivity contribution in [3.05, 3.63) is 23.8 Å². The lowest BCUT2D eigenvalue weighted by molar-refractivity contribution is -0.378. The van der Waals surface area contributed by atoms with Gasteiger partial charge in [0.1, 0.15) is 42.7 Å². The Kier molecular flexibility index (Phi) is 26.6. The molecule has 0 aromatic carbocycles. The van der Waals surface area contributed by atoms with Crippen LogP contribution >= 0.6 is 0 Å². The zero-order valence-electron chi connectivity index (χ0n) is 49.3. The van der Waals surface area contributed by atoms with E-state index in [1.165, 1.54) is 28.1 Å². The van der Waals surface area contributed by atoms with Crippen LogP contribution in [0, 0.1) is 35.5 Å². The van der Waals surface area contributed by atoms with E-state index >= 15 is 0 Å². The molecule has 4 aliphatic heterocycles. The molecule has 444 valence electrons. The molecule has 20 heteroatoms. The number of carbonyl (C=O) groups is 4. The van der Waals surface area contributed by atoms with Crippen LogP contribution in [0.3, 0.4) is 0 Å². The van der Waals surface area contributed by atoms with Gasteiger partial charge >= 0.3 is 17.9 Å². The number of carbonyl (C=O) groups excluding carboxylic acids is 4. The third-order valence-electron chi connectivity index (χ3n) is 15.8. The number of likely N-dealkylation sites (N-methyl/N-ethyl adjacent to an activating group) is 1. The number of aliphatic hydroxyl groups excluding tert-OH is 2. The molecule has 3 fully saturated rings.